The molecule has 0 saturated heterocycles. The maximum atomic E-state index is 13.6. The molecule has 0 unspecified atom stereocenters. The predicted molar refractivity (Wildman–Crippen MR) is 127 cm³/mol. The highest BCUT2D eigenvalue weighted by molar-refractivity contribution is 5.90. The molecule has 8 nitrogen and oxygen atoms in total. The topological polar surface area (TPSA) is 130 Å². The molecule has 4 N–H and O–H groups in total. The Bertz CT molecular complexity index is 1370. The average molecular weight is 469 g/mol. The van der Waals surface area contributed by atoms with Crippen LogP contribution in [-0.2, 0) is 12.8 Å². The molecule has 180 valence electrons. The van der Waals surface area contributed by atoms with E-state index in [0.29, 0.717) is 23.1 Å². The highest BCUT2D eigenvalue weighted by atomic mass is 16.5. The summed E-state index contributed by atoms with van der Waals surface area (Å²) < 4.78 is 17.1. The van der Waals surface area contributed by atoms with E-state index in [1.165, 1.54) is 19.4 Å². The van der Waals surface area contributed by atoms with Gasteiger partial charge in [-0.1, -0.05) is 11.6 Å². The van der Waals surface area contributed by atoms with Gasteiger partial charge in [-0.25, -0.2) is 0 Å². The minimum absolute atomic E-state index is 0.0325. The molecule has 1 aliphatic heterocycles. The lowest BCUT2D eigenvalue weighted by Crippen LogP contribution is -2.39. The van der Waals surface area contributed by atoms with E-state index >= 15 is 0 Å². The molecule has 0 bridgehead atoms. The Morgan fingerprint density at radius 3 is 2.56 bits per heavy atom. The second-order valence-electron chi connectivity index (χ2n) is 9.31. The van der Waals surface area contributed by atoms with Gasteiger partial charge in [-0.3, -0.25) is 4.79 Å². The van der Waals surface area contributed by atoms with E-state index in [9.17, 15) is 25.2 Å². The van der Waals surface area contributed by atoms with Crippen LogP contribution in [0.15, 0.2) is 39.3 Å². The lowest BCUT2D eigenvalue weighted by molar-refractivity contribution is -0.0236. The van der Waals surface area contributed by atoms with E-state index in [1.807, 2.05) is 19.9 Å². The molecule has 0 saturated carbocycles. The molecule has 0 spiro atoms. The van der Waals surface area contributed by atoms with Gasteiger partial charge in [0.2, 0.25) is 11.2 Å². The normalized spacial score (nSPS) is 15.2. The number of hydrogen-bond acceptors (Lipinski definition) is 8. The molecule has 34 heavy (non-hydrogen) atoms. The lowest BCUT2D eigenvalue weighted by Gasteiger charge is -2.24. The smallest absolute Gasteiger partial charge is 0.204 e. The Morgan fingerprint density at radius 1 is 1.24 bits per heavy atom. The number of benzene rings is 2. The van der Waals surface area contributed by atoms with E-state index in [2.05, 4.69) is 0 Å². The maximum absolute atomic E-state index is 13.6. The van der Waals surface area contributed by atoms with Crippen molar-refractivity contribution in [1.82, 2.24) is 0 Å². The van der Waals surface area contributed by atoms with Gasteiger partial charge >= 0.3 is 0 Å². The molecule has 1 aromatic heterocycles. The molecule has 0 amide bonds. The SMILES string of the molecule is COc1c(O)c2c(c(-c3coc4cc(O)cc(O)c4c3=O)c1CC=C(C)C)C[C@@H](C(C)(C)O)O2. The molecule has 4 rings (SSSR count). The van der Waals surface area contributed by atoms with Crippen LogP contribution in [0.1, 0.15) is 38.8 Å². The highest BCUT2D eigenvalue weighted by Gasteiger charge is 2.40. The van der Waals surface area contributed by atoms with Gasteiger partial charge in [0.15, 0.2) is 11.5 Å². The quantitative estimate of drug-likeness (QED) is 0.411. The molecule has 0 radical (unpaired) electrons. The van der Waals surface area contributed by atoms with Crippen LogP contribution in [0.25, 0.3) is 22.1 Å². The van der Waals surface area contributed by atoms with Crippen LogP contribution in [0.5, 0.6) is 28.7 Å². The fraction of sp³-hybridized carbons (Fsp3) is 0.346. The zero-order valence-electron chi connectivity index (χ0n) is 19.7. The van der Waals surface area contributed by atoms with Gasteiger partial charge in [-0.05, 0) is 34.1 Å². The largest absolute Gasteiger partial charge is 0.508 e. The van der Waals surface area contributed by atoms with Gasteiger partial charge in [-0.15, -0.1) is 0 Å². The molecular weight excluding hydrogens is 440 g/mol. The number of methoxy groups -OCH3 is 1. The van der Waals surface area contributed by atoms with Crippen molar-refractivity contribution < 1.29 is 34.3 Å². The minimum Gasteiger partial charge on any atom is -0.508 e. The number of aromatic hydroxyl groups is 3. The minimum atomic E-state index is -1.22. The zero-order chi connectivity index (χ0) is 24.9. The Morgan fingerprint density at radius 2 is 1.94 bits per heavy atom. The summed E-state index contributed by atoms with van der Waals surface area (Å²) in [7, 11) is 1.41. The van der Waals surface area contributed by atoms with Gasteiger partial charge in [0, 0.05) is 35.2 Å². The Hall–Kier alpha value is -3.65. The van der Waals surface area contributed by atoms with Crippen LogP contribution in [-0.4, -0.2) is 39.2 Å². The molecule has 3 aromatic rings. The first-order valence-corrected chi connectivity index (χ1v) is 10.9. The number of ether oxygens (including phenoxy) is 2. The third kappa shape index (κ3) is 3.84. The Labute approximate surface area is 196 Å². The summed E-state index contributed by atoms with van der Waals surface area (Å²) in [5.74, 6) is -0.572. The van der Waals surface area contributed by atoms with Crippen LogP contribution < -0.4 is 14.9 Å². The number of hydrogen-bond donors (Lipinski definition) is 4. The van der Waals surface area contributed by atoms with Crippen molar-refractivity contribution in [2.45, 2.75) is 52.2 Å². The molecule has 0 aliphatic carbocycles. The van der Waals surface area contributed by atoms with E-state index in [-0.39, 0.29) is 46.0 Å². The molecule has 1 atom stereocenters. The van der Waals surface area contributed by atoms with Crippen molar-refractivity contribution in [3.8, 4) is 39.9 Å². The van der Waals surface area contributed by atoms with Crippen LogP contribution in [0.2, 0.25) is 0 Å². The summed E-state index contributed by atoms with van der Waals surface area (Å²) in [5, 5.41) is 41.7. The lowest BCUT2D eigenvalue weighted by atomic mass is 9.87. The first-order chi connectivity index (χ1) is 15.9. The average Bonchev–Trinajstić information content (AvgIpc) is 3.19. The predicted octanol–water partition coefficient (Wildman–Crippen LogP) is 4.17. The summed E-state index contributed by atoms with van der Waals surface area (Å²) in [6, 6.07) is 2.32. The summed E-state index contributed by atoms with van der Waals surface area (Å²) in [4.78, 5) is 13.6. The van der Waals surface area contributed by atoms with Crippen LogP contribution in [0, 0.1) is 0 Å². The van der Waals surface area contributed by atoms with Crippen LogP contribution in [0.3, 0.4) is 0 Å². The number of fused-ring (bicyclic) bond motifs is 2. The molecule has 1 aliphatic rings. The third-order valence-corrected chi connectivity index (χ3v) is 6.05. The van der Waals surface area contributed by atoms with Crippen molar-refractivity contribution in [2.24, 2.45) is 0 Å². The fourth-order valence-corrected chi connectivity index (χ4v) is 4.32. The van der Waals surface area contributed by atoms with E-state index in [4.69, 9.17) is 13.9 Å². The molecule has 0 fully saturated rings. The Balaban J connectivity index is 2.10. The molecule has 2 heterocycles. The van der Waals surface area contributed by atoms with Crippen molar-refractivity contribution in [3.63, 3.8) is 0 Å². The number of phenols is 3. The third-order valence-electron chi connectivity index (χ3n) is 6.05. The maximum Gasteiger partial charge on any atom is 0.204 e. The first-order valence-electron chi connectivity index (χ1n) is 10.9. The van der Waals surface area contributed by atoms with E-state index < -0.39 is 22.9 Å². The number of allylic oxidation sites excluding steroid dienone is 2. The molecule has 2 aromatic carbocycles. The van der Waals surface area contributed by atoms with Crippen molar-refractivity contribution in [3.05, 3.63) is 51.4 Å². The van der Waals surface area contributed by atoms with E-state index in [0.717, 1.165) is 11.6 Å². The van der Waals surface area contributed by atoms with Crippen LogP contribution >= 0.6 is 0 Å². The summed E-state index contributed by atoms with van der Waals surface area (Å²) >= 11 is 0. The Kier molecular flexibility index (Phi) is 5.73. The second-order valence-corrected chi connectivity index (χ2v) is 9.31. The van der Waals surface area contributed by atoms with Crippen LogP contribution in [0.4, 0.5) is 0 Å². The number of phenolic OH excluding ortho intramolecular Hbond substituents is 3. The second kappa shape index (κ2) is 8.29. The standard InChI is InChI=1S/C26H28O8/c1-12(2)6-7-14-20(16-11-33-18-9-13(27)8-17(28)21(18)22(16)29)15-10-19(26(3,4)31)34-25(15)23(30)24(14)32-5/h6,8-9,11,19,27-28,30-31H,7,10H2,1-5H3/t19-/m0/s1. The van der Waals surface area contributed by atoms with Gasteiger partial charge in [0.1, 0.15) is 34.8 Å². The first kappa shape index (κ1) is 23.5. The van der Waals surface area contributed by atoms with Gasteiger partial charge in [0.05, 0.1) is 18.3 Å². The van der Waals surface area contributed by atoms with Gasteiger partial charge in [0.25, 0.3) is 0 Å². The molecule has 8 heteroatoms. The number of aliphatic hydroxyl groups is 1. The summed E-state index contributed by atoms with van der Waals surface area (Å²) in [6.07, 6.45) is 3.10. The fourth-order valence-electron chi connectivity index (χ4n) is 4.32. The van der Waals surface area contributed by atoms with Crippen molar-refractivity contribution in [2.75, 3.05) is 7.11 Å². The highest BCUT2D eigenvalue weighted by Crippen LogP contribution is 2.52. The number of rotatable bonds is 5. The van der Waals surface area contributed by atoms with Crippen molar-refractivity contribution >= 4 is 11.0 Å². The summed E-state index contributed by atoms with van der Waals surface area (Å²) in [5.41, 5.74) is 0.996. The van der Waals surface area contributed by atoms with Gasteiger partial charge < -0.3 is 34.3 Å². The monoisotopic (exact) mass is 468 g/mol. The summed E-state index contributed by atoms with van der Waals surface area (Å²) in [6.45, 7) is 7.08. The zero-order valence-corrected chi connectivity index (χ0v) is 19.7. The van der Waals surface area contributed by atoms with E-state index in [1.54, 1.807) is 13.8 Å². The van der Waals surface area contributed by atoms with Crippen molar-refractivity contribution in [1.29, 1.82) is 0 Å². The van der Waals surface area contributed by atoms with Gasteiger partial charge in [-0.2, -0.15) is 0 Å². The molecular formula is C26H28O8.